The molecule has 86 valence electrons. The molecule has 0 fully saturated rings. The largest absolute Gasteiger partial charge is 0.271 e. The Morgan fingerprint density at radius 1 is 1.60 bits per heavy atom. The van der Waals surface area contributed by atoms with Gasteiger partial charge in [0.25, 0.3) is 0 Å². The molecule has 0 aliphatic carbocycles. The van der Waals surface area contributed by atoms with E-state index in [4.69, 9.17) is 5.84 Å². The first-order chi connectivity index (χ1) is 7.08. The summed E-state index contributed by atoms with van der Waals surface area (Å²) in [6.07, 6.45) is 2.29. The summed E-state index contributed by atoms with van der Waals surface area (Å²) >= 11 is 5.32. The molecule has 1 aromatic heterocycles. The highest BCUT2D eigenvalue weighted by Gasteiger charge is 2.16. The maximum Gasteiger partial charge on any atom is 0.0731 e. The van der Waals surface area contributed by atoms with Crippen molar-refractivity contribution in [2.24, 2.45) is 11.8 Å². The lowest BCUT2D eigenvalue weighted by Gasteiger charge is -2.17. The lowest BCUT2D eigenvalue weighted by Crippen LogP contribution is -2.28. The maximum absolute atomic E-state index is 5.61. The first-order valence-electron chi connectivity index (χ1n) is 5.30. The van der Waals surface area contributed by atoms with Crippen molar-refractivity contribution < 1.29 is 0 Å². The molecule has 1 aromatic rings. The van der Waals surface area contributed by atoms with Gasteiger partial charge in [0.1, 0.15) is 0 Å². The van der Waals surface area contributed by atoms with Gasteiger partial charge in [-0.25, -0.2) is 0 Å². The number of aryl methyl sites for hydroxylation is 1. The summed E-state index contributed by atoms with van der Waals surface area (Å²) in [5, 5.41) is 0. The highest BCUT2D eigenvalue weighted by Crippen LogP contribution is 2.33. The molecule has 0 aliphatic rings. The van der Waals surface area contributed by atoms with E-state index in [1.807, 2.05) is 0 Å². The van der Waals surface area contributed by atoms with Crippen LogP contribution in [0.3, 0.4) is 0 Å². The second-order valence-electron chi connectivity index (χ2n) is 4.07. The summed E-state index contributed by atoms with van der Waals surface area (Å²) in [5.41, 5.74) is 4.20. The minimum absolute atomic E-state index is 0.287. The average Bonchev–Trinajstić information content (AvgIpc) is 2.55. The second kappa shape index (κ2) is 5.99. The molecule has 0 aromatic carbocycles. The average molecular weight is 291 g/mol. The van der Waals surface area contributed by atoms with Gasteiger partial charge in [0, 0.05) is 4.88 Å². The summed E-state index contributed by atoms with van der Waals surface area (Å²) in [7, 11) is 0. The van der Waals surface area contributed by atoms with Gasteiger partial charge in [-0.1, -0.05) is 20.3 Å². The molecule has 0 spiro atoms. The lowest BCUT2D eigenvalue weighted by molar-refractivity contribution is 0.412. The van der Waals surface area contributed by atoms with Gasteiger partial charge in [-0.15, -0.1) is 11.3 Å². The number of nitrogens with two attached hydrogens (primary N) is 1. The standard InChI is InChI=1S/C11H19BrN2S/c1-4-7(2)5-9(14-13)10-6-8(3)11(12)15-10/h6-7,9,14H,4-5,13H2,1-3H3. The number of thiophene rings is 1. The van der Waals surface area contributed by atoms with Crippen LogP contribution in [0.15, 0.2) is 9.85 Å². The smallest absolute Gasteiger partial charge is 0.0731 e. The SMILES string of the molecule is CCC(C)CC(NN)c1cc(C)c(Br)s1. The predicted octanol–water partition coefficient (Wildman–Crippen LogP) is 3.76. The van der Waals surface area contributed by atoms with E-state index in [2.05, 4.69) is 48.2 Å². The lowest BCUT2D eigenvalue weighted by atomic mass is 9.98. The van der Waals surface area contributed by atoms with Crippen LogP contribution in [-0.2, 0) is 0 Å². The van der Waals surface area contributed by atoms with Crippen LogP contribution >= 0.6 is 27.3 Å². The maximum atomic E-state index is 5.61. The molecule has 0 aliphatic heterocycles. The summed E-state index contributed by atoms with van der Waals surface area (Å²) in [5.74, 6) is 6.31. The third-order valence-electron chi connectivity index (χ3n) is 2.76. The zero-order valence-electron chi connectivity index (χ0n) is 9.51. The molecular weight excluding hydrogens is 272 g/mol. The third-order valence-corrected chi connectivity index (χ3v) is 5.01. The van der Waals surface area contributed by atoms with Crippen molar-refractivity contribution in [2.45, 2.75) is 39.7 Å². The number of hydrogen-bond acceptors (Lipinski definition) is 3. The monoisotopic (exact) mass is 290 g/mol. The van der Waals surface area contributed by atoms with Crippen LogP contribution in [0.4, 0.5) is 0 Å². The third kappa shape index (κ3) is 3.55. The molecule has 4 heteroatoms. The van der Waals surface area contributed by atoms with Crippen LogP contribution in [0.1, 0.15) is 43.2 Å². The number of nitrogens with one attached hydrogen (secondary N) is 1. The highest BCUT2D eigenvalue weighted by molar-refractivity contribution is 9.11. The van der Waals surface area contributed by atoms with Crippen molar-refractivity contribution in [3.8, 4) is 0 Å². The summed E-state index contributed by atoms with van der Waals surface area (Å²) < 4.78 is 1.21. The molecule has 0 saturated carbocycles. The first-order valence-corrected chi connectivity index (χ1v) is 6.91. The van der Waals surface area contributed by atoms with Crippen molar-refractivity contribution in [3.05, 3.63) is 20.3 Å². The molecule has 15 heavy (non-hydrogen) atoms. The number of halogens is 1. The quantitative estimate of drug-likeness (QED) is 0.640. The predicted molar refractivity (Wildman–Crippen MR) is 70.9 cm³/mol. The summed E-state index contributed by atoms with van der Waals surface area (Å²) in [6.45, 7) is 6.59. The van der Waals surface area contributed by atoms with Gasteiger partial charge < -0.3 is 0 Å². The van der Waals surface area contributed by atoms with Crippen molar-refractivity contribution in [3.63, 3.8) is 0 Å². The van der Waals surface area contributed by atoms with Crippen LogP contribution in [0.2, 0.25) is 0 Å². The molecule has 0 radical (unpaired) electrons. The zero-order valence-corrected chi connectivity index (χ0v) is 11.9. The van der Waals surface area contributed by atoms with Crippen LogP contribution in [-0.4, -0.2) is 0 Å². The molecule has 0 amide bonds. The fourth-order valence-corrected chi connectivity index (χ4v) is 3.13. The minimum Gasteiger partial charge on any atom is -0.271 e. The van der Waals surface area contributed by atoms with Gasteiger partial charge >= 0.3 is 0 Å². The van der Waals surface area contributed by atoms with E-state index in [1.165, 1.54) is 20.6 Å². The van der Waals surface area contributed by atoms with Gasteiger partial charge in [-0.05, 0) is 46.8 Å². The molecule has 3 N–H and O–H groups in total. The van der Waals surface area contributed by atoms with Crippen LogP contribution in [0.25, 0.3) is 0 Å². The number of hydrazine groups is 1. The molecule has 2 unspecified atom stereocenters. The Hall–Kier alpha value is 0.1000. The van der Waals surface area contributed by atoms with Gasteiger partial charge in [0.2, 0.25) is 0 Å². The van der Waals surface area contributed by atoms with Crippen molar-refractivity contribution in [1.82, 2.24) is 5.43 Å². The summed E-state index contributed by atoms with van der Waals surface area (Å²) in [4.78, 5) is 1.32. The van der Waals surface area contributed by atoms with E-state index in [9.17, 15) is 0 Å². The Kier molecular flexibility index (Phi) is 5.26. The molecule has 0 bridgehead atoms. The molecule has 2 atom stereocenters. The fourth-order valence-electron chi connectivity index (χ4n) is 1.49. The Balaban J connectivity index is 2.74. The normalized spacial score (nSPS) is 15.3. The number of rotatable bonds is 5. The second-order valence-corrected chi connectivity index (χ2v) is 6.48. The first kappa shape index (κ1) is 13.2. The van der Waals surface area contributed by atoms with E-state index in [1.54, 1.807) is 11.3 Å². The van der Waals surface area contributed by atoms with Gasteiger partial charge in [-0.2, -0.15) is 0 Å². The van der Waals surface area contributed by atoms with Crippen LogP contribution < -0.4 is 11.3 Å². The van der Waals surface area contributed by atoms with E-state index < -0.39 is 0 Å². The minimum atomic E-state index is 0.287. The highest BCUT2D eigenvalue weighted by atomic mass is 79.9. The van der Waals surface area contributed by atoms with E-state index in [-0.39, 0.29) is 6.04 Å². The van der Waals surface area contributed by atoms with Crippen molar-refractivity contribution in [1.29, 1.82) is 0 Å². The van der Waals surface area contributed by atoms with Gasteiger partial charge in [0.15, 0.2) is 0 Å². The fraction of sp³-hybridized carbons (Fsp3) is 0.636. The van der Waals surface area contributed by atoms with Crippen molar-refractivity contribution >= 4 is 27.3 Å². The van der Waals surface area contributed by atoms with E-state index in [0.717, 1.165) is 6.42 Å². The van der Waals surface area contributed by atoms with Gasteiger partial charge in [0.05, 0.1) is 9.83 Å². The Labute approximate surface area is 104 Å². The van der Waals surface area contributed by atoms with Crippen LogP contribution in [0.5, 0.6) is 0 Å². The topological polar surface area (TPSA) is 38.0 Å². The van der Waals surface area contributed by atoms with E-state index in [0.29, 0.717) is 5.92 Å². The Morgan fingerprint density at radius 3 is 2.67 bits per heavy atom. The molecule has 1 heterocycles. The zero-order chi connectivity index (χ0) is 11.4. The molecule has 2 nitrogen and oxygen atoms in total. The molecule has 1 rings (SSSR count). The van der Waals surface area contributed by atoms with Crippen molar-refractivity contribution in [2.75, 3.05) is 0 Å². The van der Waals surface area contributed by atoms with E-state index >= 15 is 0 Å². The van der Waals surface area contributed by atoms with Gasteiger partial charge in [-0.3, -0.25) is 11.3 Å². The Bertz CT molecular complexity index is 292. The molecular formula is C11H19BrN2S. The molecule has 0 saturated heterocycles. The number of hydrogen-bond donors (Lipinski definition) is 2. The Morgan fingerprint density at radius 2 is 2.27 bits per heavy atom. The van der Waals surface area contributed by atoms with Crippen LogP contribution in [0, 0.1) is 12.8 Å². The summed E-state index contributed by atoms with van der Waals surface area (Å²) in [6, 6.07) is 2.50.